The third-order valence-electron chi connectivity index (χ3n) is 4.15. The zero-order valence-corrected chi connectivity index (χ0v) is 13.6. The van der Waals surface area contributed by atoms with Crippen molar-refractivity contribution in [2.45, 2.75) is 18.9 Å². The minimum atomic E-state index is 0.0886. The fraction of sp³-hybridized carbons (Fsp3) is 0.533. The van der Waals surface area contributed by atoms with E-state index in [1.165, 1.54) is 12.8 Å². The smallest absolute Gasteiger partial charge is 0.238 e. The molecule has 1 amide bonds. The maximum atomic E-state index is 12.1. The summed E-state index contributed by atoms with van der Waals surface area (Å²) >= 11 is 2.25. The fourth-order valence-corrected chi connectivity index (χ4v) is 3.78. The van der Waals surface area contributed by atoms with E-state index in [0.717, 1.165) is 34.8 Å². The number of carbonyl (C=O) groups excluding carboxylic acids is 1. The lowest BCUT2D eigenvalue weighted by Crippen LogP contribution is -2.41. The maximum Gasteiger partial charge on any atom is 0.238 e. The fourth-order valence-electron chi connectivity index (χ4n) is 3.24. The molecular weight excluding hydrogens is 365 g/mol. The van der Waals surface area contributed by atoms with Gasteiger partial charge in [-0.25, -0.2) is 0 Å². The van der Waals surface area contributed by atoms with Crippen molar-refractivity contribution in [2.24, 2.45) is 5.92 Å². The van der Waals surface area contributed by atoms with E-state index in [2.05, 4.69) is 38.1 Å². The van der Waals surface area contributed by atoms with Crippen LogP contribution in [0.2, 0.25) is 0 Å². The third kappa shape index (κ3) is 3.51. The van der Waals surface area contributed by atoms with Crippen molar-refractivity contribution in [3.63, 3.8) is 0 Å². The molecule has 2 heterocycles. The Morgan fingerprint density at radius 3 is 3.15 bits per heavy atom. The summed E-state index contributed by atoms with van der Waals surface area (Å²) in [7, 11) is 0. The molecule has 3 rings (SSSR count). The molecule has 108 valence electrons. The van der Waals surface area contributed by atoms with E-state index in [1.807, 2.05) is 24.3 Å². The molecule has 0 aliphatic carbocycles. The quantitative estimate of drug-likeness (QED) is 0.782. The number of rotatable bonds is 3. The van der Waals surface area contributed by atoms with Crippen LogP contribution in [-0.4, -0.2) is 43.0 Å². The van der Waals surface area contributed by atoms with Crippen molar-refractivity contribution in [3.05, 3.63) is 27.8 Å². The second-order valence-corrected chi connectivity index (χ2v) is 6.96. The summed E-state index contributed by atoms with van der Waals surface area (Å²) in [6.07, 6.45) is 2.57. The molecule has 1 aromatic rings. The molecule has 0 saturated carbocycles. The van der Waals surface area contributed by atoms with Gasteiger partial charge in [-0.3, -0.25) is 9.69 Å². The Hall–Kier alpha value is -0.660. The van der Waals surface area contributed by atoms with Crippen LogP contribution in [-0.2, 0) is 4.79 Å². The number of piperidine rings is 1. The van der Waals surface area contributed by atoms with E-state index in [9.17, 15) is 4.79 Å². The van der Waals surface area contributed by atoms with E-state index in [0.29, 0.717) is 12.6 Å². The van der Waals surface area contributed by atoms with Gasteiger partial charge in [-0.15, -0.1) is 0 Å². The van der Waals surface area contributed by atoms with E-state index in [-0.39, 0.29) is 5.91 Å². The van der Waals surface area contributed by atoms with Crippen LogP contribution in [0.5, 0.6) is 0 Å². The van der Waals surface area contributed by atoms with Gasteiger partial charge in [0.05, 0.1) is 6.54 Å². The van der Waals surface area contributed by atoms with Gasteiger partial charge in [0.25, 0.3) is 0 Å². The van der Waals surface area contributed by atoms with Gasteiger partial charge in [0.15, 0.2) is 0 Å². The first-order valence-corrected chi connectivity index (χ1v) is 8.30. The monoisotopic (exact) mass is 385 g/mol. The Morgan fingerprint density at radius 1 is 1.45 bits per heavy atom. The summed E-state index contributed by atoms with van der Waals surface area (Å²) in [5.74, 6) is 0.819. The minimum Gasteiger partial charge on any atom is -0.325 e. The number of carbonyl (C=O) groups is 1. The number of amides is 1. The maximum absolute atomic E-state index is 12.1. The van der Waals surface area contributed by atoms with Crippen LogP contribution in [0, 0.1) is 9.49 Å². The van der Waals surface area contributed by atoms with Crippen molar-refractivity contribution in [3.8, 4) is 0 Å². The van der Waals surface area contributed by atoms with Gasteiger partial charge in [0.2, 0.25) is 5.91 Å². The highest BCUT2D eigenvalue weighted by Crippen LogP contribution is 2.24. The van der Waals surface area contributed by atoms with Crippen LogP contribution in [0.15, 0.2) is 24.3 Å². The highest BCUT2D eigenvalue weighted by Gasteiger charge is 2.34. The van der Waals surface area contributed by atoms with E-state index >= 15 is 0 Å². The summed E-state index contributed by atoms with van der Waals surface area (Å²) < 4.78 is 1.14. The summed E-state index contributed by atoms with van der Waals surface area (Å²) in [6, 6.07) is 8.50. The van der Waals surface area contributed by atoms with Crippen LogP contribution >= 0.6 is 22.6 Å². The minimum absolute atomic E-state index is 0.0886. The Morgan fingerprint density at radius 2 is 2.35 bits per heavy atom. The molecule has 0 spiro atoms. The van der Waals surface area contributed by atoms with Crippen molar-refractivity contribution in [1.82, 2.24) is 10.2 Å². The van der Waals surface area contributed by atoms with Crippen molar-refractivity contribution < 1.29 is 4.79 Å². The zero-order chi connectivity index (χ0) is 13.9. The highest BCUT2D eigenvalue weighted by molar-refractivity contribution is 14.1. The number of hydrogen-bond donors (Lipinski definition) is 2. The third-order valence-corrected chi connectivity index (χ3v) is 4.82. The predicted octanol–water partition coefficient (Wildman–Crippen LogP) is 1.91. The van der Waals surface area contributed by atoms with Crippen LogP contribution in [0.3, 0.4) is 0 Å². The number of nitrogens with one attached hydrogen (secondary N) is 2. The lowest BCUT2D eigenvalue weighted by Gasteiger charge is -2.24. The molecule has 2 fully saturated rings. The lowest BCUT2D eigenvalue weighted by molar-refractivity contribution is -0.117. The first kappa shape index (κ1) is 14.3. The van der Waals surface area contributed by atoms with Gasteiger partial charge in [-0.2, -0.15) is 0 Å². The summed E-state index contributed by atoms with van der Waals surface area (Å²) in [5.41, 5.74) is 0.886. The van der Waals surface area contributed by atoms with Crippen LogP contribution in [0.1, 0.15) is 12.8 Å². The Labute approximate surface area is 133 Å². The summed E-state index contributed by atoms with van der Waals surface area (Å²) in [4.78, 5) is 14.4. The van der Waals surface area contributed by atoms with Crippen LogP contribution in [0.25, 0.3) is 0 Å². The first-order valence-electron chi connectivity index (χ1n) is 7.22. The molecule has 2 N–H and O–H groups in total. The second-order valence-electron chi connectivity index (χ2n) is 5.72. The number of likely N-dealkylation sites (tertiary alicyclic amines) is 1. The SMILES string of the molecule is O=C(CN1C[C@@H]2CCCN[C@@H]2C1)Nc1cccc(I)c1. The van der Waals surface area contributed by atoms with Gasteiger partial charge in [0.1, 0.15) is 0 Å². The second kappa shape index (κ2) is 6.41. The van der Waals surface area contributed by atoms with Gasteiger partial charge in [-0.05, 0) is 66.1 Å². The lowest BCUT2D eigenvalue weighted by atomic mass is 9.94. The average molecular weight is 385 g/mol. The normalized spacial score (nSPS) is 26.2. The molecule has 0 aromatic heterocycles. The molecule has 4 nitrogen and oxygen atoms in total. The van der Waals surface area contributed by atoms with Crippen molar-refractivity contribution in [2.75, 3.05) is 31.5 Å². The molecule has 5 heteroatoms. The molecule has 2 aliphatic heterocycles. The molecule has 20 heavy (non-hydrogen) atoms. The van der Waals surface area contributed by atoms with Crippen LogP contribution < -0.4 is 10.6 Å². The van der Waals surface area contributed by atoms with Gasteiger partial charge >= 0.3 is 0 Å². The number of fused-ring (bicyclic) bond motifs is 1. The van der Waals surface area contributed by atoms with Gasteiger partial charge < -0.3 is 10.6 Å². The van der Waals surface area contributed by atoms with Gasteiger partial charge in [0, 0.05) is 28.4 Å². The van der Waals surface area contributed by atoms with E-state index < -0.39 is 0 Å². The Bertz CT molecular complexity index is 480. The number of hydrogen-bond acceptors (Lipinski definition) is 3. The average Bonchev–Trinajstić information content (AvgIpc) is 2.80. The first-order chi connectivity index (χ1) is 9.70. The van der Waals surface area contributed by atoms with Crippen molar-refractivity contribution >= 4 is 34.2 Å². The molecule has 1 aromatic carbocycles. The molecule has 2 saturated heterocycles. The summed E-state index contributed by atoms with van der Waals surface area (Å²) in [6.45, 7) is 3.69. The number of halogens is 1. The molecule has 0 radical (unpaired) electrons. The van der Waals surface area contributed by atoms with Crippen LogP contribution in [0.4, 0.5) is 5.69 Å². The molecule has 0 bridgehead atoms. The van der Waals surface area contributed by atoms with E-state index in [4.69, 9.17) is 0 Å². The molecule has 2 aliphatic rings. The Kier molecular flexibility index (Phi) is 4.58. The summed E-state index contributed by atoms with van der Waals surface area (Å²) in [5, 5.41) is 6.55. The largest absolute Gasteiger partial charge is 0.325 e. The zero-order valence-electron chi connectivity index (χ0n) is 11.4. The molecular formula is C15H20IN3O. The molecule has 0 unspecified atom stereocenters. The number of anilines is 1. The van der Waals surface area contributed by atoms with Gasteiger partial charge in [-0.1, -0.05) is 6.07 Å². The molecule has 2 atom stereocenters. The van der Waals surface area contributed by atoms with Crippen molar-refractivity contribution in [1.29, 1.82) is 0 Å². The highest BCUT2D eigenvalue weighted by atomic mass is 127. The Balaban J connectivity index is 1.52. The predicted molar refractivity (Wildman–Crippen MR) is 88.7 cm³/mol. The topological polar surface area (TPSA) is 44.4 Å². The number of nitrogens with zero attached hydrogens (tertiary/aromatic N) is 1. The van der Waals surface area contributed by atoms with E-state index in [1.54, 1.807) is 0 Å². The number of benzene rings is 1. The standard InChI is InChI=1S/C15H20IN3O/c16-12-4-1-5-13(7-12)18-15(20)10-19-8-11-3-2-6-17-14(11)9-19/h1,4-5,7,11,14,17H,2-3,6,8-10H2,(H,18,20)/t11-,14+/m0/s1.